The van der Waals surface area contributed by atoms with E-state index in [1.165, 1.54) is 43.6 Å². The van der Waals surface area contributed by atoms with Crippen LogP contribution in [0.5, 0.6) is 0 Å². The van der Waals surface area contributed by atoms with E-state index >= 15 is 0 Å². The van der Waals surface area contributed by atoms with Gasteiger partial charge in [-0.05, 0) is 49.6 Å². The maximum atomic E-state index is 4.51. The van der Waals surface area contributed by atoms with Crippen molar-refractivity contribution in [2.24, 2.45) is 0 Å². The van der Waals surface area contributed by atoms with Crippen LogP contribution in [0.4, 0.5) is 5.69 Å². The first-order valence-corrected chi connectivity index (χ1v) is 8.37. The van der Waals surface area contributed by atoms with Crippen molar-refractivity contribution >= 4 is 5.69 Å². The van der Waals surface area contributed by atoms with E-state index in [0.29, 0.717) is 0 Å². The normalized spacial score (nSPS) is 14.9. The lowest BCUT2D eigenvalue weighted by atomic mass is 10.1. The highest BCUT2D eigenvalue weighted by Gasteiger charge is 2.12. The molecule has 0 radical (unpaired) electrons. The molecule has 3 aromatic rings. The fourth-order valence-electron chi connectivity index (χ4n) is 3.29. The van der Waals surface area contributed by atoms with Crippen LogP contribution in [0.1, 0.15) is 19.3 Å². The van der Waals surface area contributed by atoms with Crippen molar-refractivity contribution in [3.8, 4) is 16.9 Å². The molecule has 0 saturated carbocycles. The fourth-order valence-corrected chi connectivity index (χ4v) is 3.29. The molecule has 0 N–H and O–H groups in total. The minimum absolute atomic E-state index is 1.11. The molecule has 0 atom stereocenters. The van der Waals surface area contributed by atoms with E-state index in [4.69, 9.17) is 0 Å². The molecular weight excluding hydrogens is 282 g/mol. The Morgan fingerprint density at radius 3 is 2.13 bits per heavy atom. The maximum Gasteiger partial charge on any atom is 0.0740 e. The maximum absolute atomic E-state index is 4.51. The van der Waals surface area contributed by atoms with E-state index in [1.807, 2.05) is 16.9 Å². The number of nitrogens with zero attached hydrogens (tertiary/aromatic N) is 3. The van der Waals surface area contributed by atoms with Gasteiger partial charge in [0, 0.05) is 24.3 Å². The monoisotopic (exact) mass is 303 g/mol. The molecule has 4 rings (SSSR count). The molecule has 2 aromatic carbocycles. The van der Waals surface area contributed by atoms with Gasteiger partial charge in [0.15, 0.2) is 0 Å². The Hall–Kier alpha value is -2.55. The molecule has 2 heterocycles. The lowest BCUT2D eigenvalue weighted by Gasteiger charge is -2.28. The second-order valence-electron chi connectivity index (χ2n) is 6.06. The first-order chi connectivity index (χ1) is 11.4. The molecular formula is C20H21N3. The Kier molecular flexibility index (Phi) is 3.85. The van der Waals surface area contributed by atoms with Crippen molar-refractivity contribution in [3.63, 3.8) is 0 Å². The zero-order valence-corrected chi connectivity index (χ0v) is 13.2. The third-order valence-electron chi connectivity index (χ3n) is 4.53. The summed E-state index contributed by atoms with van der Waals surface area (Å²) >= 11 is 0. The molecule has 0 aliphatic carbocycles. The summed E-state index contributed by atoms with van der Waals surface area (Å²) in [4.78, 5) is 2.48. The van der Waals surface area contributed by atoms with Crippen LogP contribution in [-0.2, 0) is 0 Å². The van der Waals surface area contributed by atoms with E-state index in [-0.39, 0.29) is 0 Å². The van der Waals surface area contributed by atoms with Gasteiger partial charge in [-0.25, -0.2) is 4.68 Å². The quantitative estimate of drug-likeness (QED) is 0.709. The lowest BCUT2D eigenvalue weighted by molar-refractivity contribution is 0.578. The topological polar surface area (TPSA) is 21.1 Å². The summed E-state index contributed by atoms with van der Waals surface area (Å²) in [6, 6.07) is 21.2. The Labute approximate surface area is 137 Å². The van der Waals surface area contributed by atoms with Crippen molar-refractivity contribution in [3.05, 3.63) is 66.9 Å². The molecule has 23 heavy (non-hydrogen) atoms. The van der Waals surface area contributed by atoms with Crippen molar-refractivity contribution in [2.75, 3.05) is 18.0 Å². The summed E-state index contributed by atoms with van der Waals surface area (Å²) in [7, 11) is 0. The molecule has 0 unspecified atom stereocenters. The van der Waals surface area contributed by atoms with Crippen molar-refractivity contribution in [1.29, 1.82) is 0 Å². The molecule has 3 nitrogen and oxygen atoms in total. The third kappa shape index (κ3) is 2.87. The third-order valence-corrected chi connectivity index (χ3v) is 4.53. The Morgan fingerprint density at radius 2 is 1.39 bits per heavy atom. The Balaban J connectivity index is 1.63. The molecule has 1 aliphatic heterocycles. The zero-order chi connectivity index (χ0) is 15.5. The van der Waals surface area contributed by atoms with Crippen LogP contribution in [0.3, 0.4) is 0 Å². The largest absolute Gasteiger partial charge is 0.372 e. The number of benzene rings is 2. The first-order valence-electron chi connectivity index (χ1n) is 8.37. The molecule has 1 saturated heterocycles. The van der Waals surface area contributed by atoms with Gasteiger partial charge in [0.1, 0.15) is 0 Å². The molecule has 1 aromatic heterocycles. The van der Waals surface area contributed by atoms with Crippen LogP contribution in [-0.4, -0.2) is 22.9 Å². The number of aromatic nitrogens is 2. The van der Waals surface area contributed by atoms with E-state index in [1.54, 1.807) is 0 Å². The van der Waals surface area contributed by atoms with Crippen LogP contribution < -0.4 is 4.90 Å². The van der Waals surface area contributed by atoms with Crippen LogP contribution in [0, 0.1) is 0 Å². The minimum atomic E-state index is 1.11. The number of piperidine rings is 1. The standard InChI is InChI=1S/C20H21N3/c1-3-7-17(8-4-1)20-13-14-21-23(20)19-11-9-18(10-12-19)22-15-5-2-6-16-22/h1,3-4,7-14H,2,5-6,15-16H2. The highest BCUT2D eigenvalue weighted by atomic mass is 15.3. The van der Waals surface area contributed by atoms with E-state index in [0.717, 1.165) is 11.4 Å². The Morgan fingerprint density at radius 1 is 0.696 bits per heavy atom. The lowest BCUT2D eigenvalue weighted by Crippen LogP contribution is -2.29. The van der Waals surface area contributed by atoms with E-state index in [2.05, 4.69) is 64.6 Å². The van der Waals surface area contributed by atoms with E-state index in [9.17, 15) is 0 Å². The average Bonchev–Trinajstić information content (AvgIpc) is 3.13. The van der Waals surface area contributed by atoms with Gasteiger partial charge in [0.25, 0.3) is 0 Å². The smallest absolute Gasteiger partial charge is 0.0740 e. The summed E-state index contributed by atoms with van der Waals surface area (Å²) in [6.45, 7) is 2.35. The van der Waals surface area contributed by atoms with Crippen molar-refractivity contribution in [2.45, 2.75) is 19.3 Å². The van der Waals surface area contributed by atoms with Gasteiger partial charge in [0.05, 0.1) is 17.6 Å². The summed E-state index contributed by atoms with van der Waals surface area (Å²) < 4.78 is 2.01. The summed E-state index contributed by atoms with van der Waals surface area (Å²) in [5.41, 5.74) is 4.73. The number of hydrogen-bond acceptors (Lipinski definition) is 2. The Bertz CT molecular complexity index is 753. The number of hydrogen-bond donors (Lipinski definition) is 0. The molecule has 1 aliphatic rings. The number of rotatable bonds is 3. The second kappa shape index (κ2) is 6.29. The van der Waals surface area contributed by atoms with Crippen molar-refractivity contribution in [1.82, 2.24) is 9.78 Å². The van der Waals surface area contributed by atoms with Crippen LogP contribution in [0.25, 0.3) is 16.9 Å². The zero-order valence-electron chi connectivity index (χ0n) is 13.2. The SMILES string of the molecule is c1ccc(-c2ccnn2-c2ccc(N3CCCCC3)cc2)cc1. The van der Waals surface area contributed by atoms with Crippen molar-refractivity contribution < 1.29 is 0 Å². The molecule has 1 fully saturated rings. The summed E-state index contributed by atoms with van der Waals surface area (Å²) in [5.74, 6) is 0. The summed E-state index contributed by atoms with van der Waals surface area (Å²) in [5, 5.41) is 4.51. The van der Waals surface area contributed by atoms with Gasteiger partial charge in [-0.2, -0.15) is 5.10 Å². The fraction of sp³-hybridized carbons (Fsp3) is 0.250. The van der Waals surface area contributed by atoms with Crippen LogP contribution in [0.2, 0.25) is 0 Å². The molecule has 116 valence electrons. The number of anilines is 1. The predicted octanol–water partition coefficient (Wildman–Crippen LogP) is 4.53. The molecule has 0 spiro atoms. The van der Waals surface area contributed by atoms with Gasteiger partial charge >= 0.3 is 0 Å². The first kappa shape index (κ1) is 14.1. The van der Waals surface area contributed by atoms with Gasteiger partial charge < -0.3 is 4.90 Å². The van der Waals surface area contributed by atoms with Crippen LogP contribution >= 0.6 is 0 Å². The van der Waals surface area contributed by atoms with Gasteiger partial charge in [-0.1, -0.05) is 30.3 Å². The molecule has 0 bridgehead atoms. The molecule has 3 heteroatoms. The highest BCUT2D eigenvalue weighted by molar-refractivity contribution is 5.62. The highest BCUT2D eigenvalue weighted by Crippen LogP contribution is 2.25. The average molecular weight is 303 g/mol. The van der Waals surface area contributed by atoms with Gasteiger partial charge in [-0.15, -0.1) is 0 Å². The molecule has 0 amide bonds. The van der Waals surface area contributed by atoms with Gasteiger partial charge in [-0.3, -0.25) is 0 Å². The van der Waals surface area contributed by atoms with Gasteiger partial charge in [0.2, 0.25) is 0 Å². The van der Waals surface area contributed by atoms with E-state index < -0.39 is 0 Å². The predicted molar refractivity (Wildman–Crippen MR) is 95.1 cm³/mol. The minimum Gasteiger partial charge on any atom is -0.372 e. The second-order valence-corrected chi connectivity index (χ2v) is 6.06. The van der Waals surface area contributed by atoms with Crippen LogP contribution in [0.15, 0.2) is 66.9 Å². The summed E-state index contributed by atoms with van der Waals surface area (Å²) in [6.07, 6.45) is 5.83.